The summed E-state index contributed by atoms with van der Waals surface area (Å²) in [6.07, 6.45) is 2.51. The van der Waals surface area contributed by atoms with Crippen LogP contribution in [0.2, 0.25) is 0 Å². The number of hydrogen-bond acceptors (Lipinski definition) is 4. The number of nitrogens with two attached hydrogens (primary N) is 1. The van der Waals surface area contributed by atoms with Crippen molar-refractivity contribution >= 4 is 6.21 Å². The van der Waals surface area contributed by atoms with Crippen LogP contribution in [0.5, 0.6) is 5.75 Å². The van der Waals surface area contributed by atoms with E-state index in [4.69, 9.17) is 10.5 Å². The fourth-order valence-electron chi connectivity index (χ4n) is 1.04. The number of rotatable bonds is 6. The molecule has 1 rings (SSSR count). The first kappa shape index (κ1) is 11.5. The largest absolute Gasteiger partial charge is 0.494 e. The molecule has 1 aromatic rings. The Kier molecular flexibility index (Phi) is 5.25. The molecular formula is C11H16N2O2. The van der Waals surface area contributed by atoms with E-state index in [2.05, 4.69) is 9.99 Å². The first-order chi connectivity index (χ1) is 7.36. The molecule has 0 atom stereocenters. The molecule has 0 unspecified atom stereocenters. The van der Waals surface area contributed by atoms with E-state index in [0.717, 1.165) is 17.7 Å². The SMILES string of the molecule is CON=Cc1ccc(OCCCN)cc1. The van der Waals surface area contributed by atoms with Gasteiger partial charge in [0.2, 0.25) is 0 Å². The molecule has 0 radical (unpaired) electrons. The molecule has 0 bridgehead atoms. The molecule has 2 N–H and O–H groups in total. The molecule has 0 aliphatic carbocycles. The van der Waals surface area contributed by atoms with Crippen LogP contribution in [0, 0.1) is 0 Å². The third-order valence-corrected chi connectivity index (χ3v) is 1.80. The Morgan fingerprint density at radius 2 is 2.07 bits per heavy atom. The molecule has 0 saturated carbocycles. The topological polar surface area (TPSA) is 56.8 Å². The Morgan fingerprint density at radius 1 is 1.33 bits per heavy atom. The van der Waals surface area contributed by atoms with Crippen LogP contribution >= 0.6 is 0 Å². The summed E-state index contributed by atoms with van der Waals surface area (Å²) in [5.41, 5.74) is 6.34. The van der Waals surface area contributed by atoms with Crippen molar-refractivity contribution in [3.8, 4) is 5.75 Å². The number of benzene rings is 1. The van der Waals surface area contributed by atoms with E-state index in [1.165, 1.54) is 7.11 Å². The zero-order valence-electron chi connectivity index (χ0n) is 8.85. The fraction of sp³-hybridized carbons (Fsp3) is 0.364. The number of hydrogen-bond donors (Lipinski definition) is 1. The second kappa shape index (κ2) is 6.84. The van der Waals surface area contributed by atoms with Gasteiger partial charge in [0.1, 0.15) is 12.9 Å². The van der Waals surface area contributed by atoms with Gasteiger partial charge in [-0.2, -0.15) is 0 Å². The number of nitrogens with zero attached hydrogens (tertiary/aromatic N) is 1. The van der Waals surface area contributed by atoms with E-state index in [9.17, 15) is 0 Å². The molecule has 0 heterocycles. The smallest absolute Gasteiger partial charge is 0.119 e. The zero-order chi connectivity index (χ0) is 10.9. The van der Waals surface area contributed by atoms with Gasteiger partial charge < -0.3 is 15.3 Å². The molecule has 4 heteroatoms. The lowest BCUT2D eigenvalue weighted by atomic mass is 10.2. The fourth-order valence-corrected chi connectivity index (χ4v) is 1.04. The lowest BCUT2D eigenvalue weighted by Crippen LogP contribution is -2.05. The van der Waals surface area contributed by atoms with Crippen molar-refractivity contribution in [1.29, 1.82) is 0 Å². The molecular weight excluding hydrogens is 192 g/mol. The minimum Gasteiger partial charge on any atom is -0.494 e. The van der Waals surface area contributed by atoms with Crippen molar-refractivity contribution < 1.29 is 9.57 Å². The molecule has 0 saturated heterocycles. The number of ether oxygens (including phenoxy) is 1. The zero-order valence-corrected chi connectivity index (χ0v) is 8.85. The second-order valence-electron chi connectivity index (χ2n) is 2.98. The van der Waals surface area contributed by atoms with Gasteiger partial charge >= 0.3 is 0 Å². The predicted molar refractivity (Wildman–Crippen MR) is 60.2 cm³/mol. The molecule has 0 aliphatic heterocycles. The maximum atomic E-state index is 5.45. The first-order valence-electron chi connectivity index (χ1n) is 4.86. The van der Waals surface area contributed by atoms with E-state index in [0.29, 0.717) is 13.2 Å². The lowest BCUT2D eigenvalue weighted by Gasteiger charge is -2.04. The van der Waals surface area contributed by atoms with Crippen molar-refractivity contribution in [3.05, 3.63) is 29.8 Å². The van der Waals surface area contributed by atoms with Crippen LogP contribution in [0.3, 0.4) is 0 Å². The van der Waals surface area contributed by atoms with Gasteiger partial charge in [-0.25, -0.2) is 0 Å². The van der Waals surface area contributed by atoms with E-state index in [1.54, 1.807) is 6.21 Å². The van der Waals surface area contributed by atoms with Gasteiger partial charge in [0.05, 0.1) is 12.8 Å². The van der Waals surface area contributed by atoms with E-state index in [1.807, 2.05) is 24.3 Å². The summed E-state index contributed by atoms with van der Waals surface area (Å²) in [6.45, 7) is 1.31. The Balaban J connectivity index is 2.45. The molecule has 15 heavy (non-hydrogen) atoms. The minimum absolute atomic E-state index is 0.651. The van der Waals surface area contributed by atoms with Crippen molar-refractivity contribution in [2.24, 2.45) is 10.9 Å². The van der Waals surface area contributed by atoms with E-state index < -0.39 is 0 Å². The van der Waals surface area contributed by atoms with Crippen LogP contribution < -0.4 is 10.5 Å². The van der Waals surface area contributed by atoms with E-state index >= 15 is 0 Å². The van der Waals surface area contributed by atoms with Crippen LogP contribution in [0.4, 0.5) is 0 Å². The maximum absolute atomic E-state index is 5.45. The quantitative estimate of drug-likeness (QED) is 0.436. The molecule has 0 amide bonds. The molecule has 0 fully saturated rings. The van der Waals surface area contributed by atoms with Gasteiger partial charge in [-0.05, 0) is 42.8 Å². The Morgan fingerprint density at radius 3 is 2.67 bits per heavy atom. The Hall–Kier alpha value is -1.55. The molecule has 0 aliphatic rings. The first-order valence-corrected chi connectivity index (χ1v) is 4.86. The average molecular weight is 208 g/mol. The van der Waals surface area contributed by atoms with Gasteiger partial charge in [-0.15, -0.1) is 0 Å². The average Bonchev–Trinajstić information content (AvgIpc) is 2.28. The lowest BCUT2D eigenvalue weighted by molar-refractivity contribution is 0.215. The normalized spacial score (nSPS) is 10.5. The van der Waals surface area contributed by atoms with Gasteiger partial charge in [0.25, 0.3) is 0 Å². The second-order valence-corrected chi connectivity index (χ2v) is 2.98. The van der Waals surface area contributed by atoms with Gasteiger partial charge in [0.15, 0.2) is 0 Å². The molecule has 0 aromatic heterocycles. The van der Waals surface area contributed by atoms with Crippen molar-refractivity contribution in [1.82, 2.24) is 0 Å². The summed E-state index contributed by atoms with van der Waals surface area (Å²) in [5, 5.41) is 3.66. The summed E-state index contributed by atoms with van der Waals surface area (Å²) in [6, 6.07) is 7.63. The number of oxime groups is 1. The highest BCUT2D eigenvalue weighted by Gasteiger charge is 1.93. The van der Waals surface area contributed by atoms with Gasteiger partial charge in [-0.1, -0.05) is 5.16 Å². The third kappa shape index (κ3) is 4.46. The highest BCUT2D eigenvalue weighted by molar-refractivity contribution is 5.79. The highest BCUT2D eigenvalue weighted by atomic mass is 16.6. The van der Waals surface area contributed by atoms with Crippen LogP contribution in [-0.2, 0) is 4.84 Å². The molecule has 4 nitrogen and oxygen atoms in total. The van der Waals surface area contributed by atoms with Crippen molar-refractivity contribution in [2.45, 2.75) is 6.42 Å². The highest BCUT2D eigenvalue weighted by Crippen LogP contribution is 2.11. The summed E-state index contributed by atoms with van der Waals surface area (Å²) in [4.78, 5) is 4.58. The van der Waals surface area contributed by atoms with Gasteiger partial charge in [-0.3, -0.25) is 0 Å². The van der Waals surface area contributed by atoms with Crippen LogP contribution in [-0.4, -0.2) is 26.5 Å². The third-order valence-electron chi connectivity index (χ3n) is 1.80. The Bertz CT molecular complexity index is 296. The summed E-state index contributed by atoms with van der Waals surface area (Å²) in [7, 11) is 1.51. The summed E-state index contributed by atoms with van der Waals surface area (Å²) < 4.78 is 5.45. The van der Waals surface area contributed by atoms with Crippen LogP contribution in [0.25, 0.3) is 0 Å². The minimum atomic E-state index is 0.651. The van der Waals surface area contributed by atoms with Crippen LogP contribution in [0.15, 0.2) is 29.4 Å². The standard InChI is InChI=1S/C11H16N2O2/c1-14-13-9-10-3-5-11(6-4-10)15-8-2-7-12/h3-6,9H,2,7-8,12H2,1H3. The monoisotopic (exact) mass is 208 g/mol. The van der Waals surface area contributed by atoms with Crippen molar-refractivity contribution in [2.75, 3.05) is 20.3 Å². The van der Waals surface area contributed by atoms with Crippen molar-refractivity contribution in [3.63, 3.8) is 0 Å². The molecule has 1 aromatic carbocycles. The Labute approximate surface area is 89.7 Å². The summed E-state index contributed by atoms with van der Waals surface area (Å²) in [5.74, 6) is 0.845. The van der Waals surface area contributed by atoms with E-state index in [-0.39, 0.29) is 0 Å². The molecule has 82 valence electrons. The van der Waals surface area contributed by atoms with Gasteiger partial charge in [0, 0.05) is 0 Å². The molecule has 0 spiro atoms. The predicted octanol–water partition coefficient (Wildman–Crippen LogP) is 1.39. The summed E-state index contributed by atoms with van der Waals surface area (Å²) >= 11 is 0. The van der Waals surface area contributed by atoms with Crippen LogP contribution in [0.1, 0.15) is 12.0 Å². The maximum Gasteiger partial charge on any atom is 0.119 e.